The highest BCUT2D eigenvalue weighted by atomic mass is 31.1. The van der Waals surface area contributed by atoms with E-state index in [-0.39, 0.29) is 0 Å². The van der Waals surface area contributed by atoms with E-state index < -0.39 is 8.03 Å². The number of para-hydroxylation sites is 4. The molecule has 4 nitrogen and oxygen atoms in total. The minimum atomic E-state index is -2.68. The summed E-state index contributed by atoms with van der Waals surface area (Å²) in [5.74, 6) is 2.90. The molecule has 5 heteroatoms. The molecule has 4 aromatic carbocycles. The predicted octanol–water partition coefficient (Wildman–Crippen LogP) is 7.68. The van der Waals surface area contributed by atoms with Crippen molar-refractivity contribution in [1.82, 2.24) is 0 Å². The van der Waals surface area contributed by atoms with E-state index in [4.69, 9.17) is 14.0 Å². The largest absolute Gasteiger partial charge is 0.453 e. The van der Waals surface area contributed by atoms with Gasteiger partial charge in [0.05, 0.1) is 5.30 Å². The lowest BCUT2D eigenvalue weighted by Gasteiger charge is -2.19. The number of rotatable bonds is 7. The highest BCUT2D eigenvalue weighted by Gasteiger charge is 2.21. The Bertz CT molecular complexity index is 1260. The molecule has 0 saturated carbocycles. The van der Waals surface area contributed by atoms with E-state index >= 15 is 0 Å². The molecule has 4 aromatic rings. The first-order chi connectivity index (χ1) is 15.9. The van der Waals surface area contributed by atoms with Gasteiger partial charge >= 0.3 is 0 Å². The van der Waals surface area contributed by atoms with Gasteiger partial charge < -0.3 is 14.0 Å². The van der Waals surface area contributed by atoms with E-state index in [9.17, 15) is 4.57 Å². The Morgan fingerprint density at radius 1 is 0.545 bits per heavy atom. The maximum Gasteiger partial charge on any atom is 0.269 e. The van der Waals surface area contributed by atoms with Gasteiger partial charge in [0.25, 0.3) is 8.03 Å². The zero-order chi connectivity index (χ0) is 23.4. The average Bonchev–Trinajstić information content (AvgIpc) is 2.80. The molecule has 0 aliphatic heterocycles. The van der Waals surface area contributed by atoms with Crippen molar-refractivity contribution in [2.45, 2.75) is 27.7 Å². The van der Waals surface area contributed by atoms with E-state index in [0.717, 1.165) is 28.0 Å². The minimum absolute atomic E-state index is 0.400. The lowest BCUT2D eigenvalue weighted by Crippen LogP contribution is -2.08. The van der Waals surface area contributed by atoms with Crippen LogP contribution in [0.25, 0.3) is 0 Å². The normalized spacial score (nSPS) is 11.6. The van der Waals surface area contributed by atoms with Gasteiger partial charge in [-0.15, -0.1) is 0 Å². The molecule has 0 saturated heterocycles. The third-order valence-corrected chi connectivity index (χ3v) is 6.64. The third-order valence-electron chi connectivity index (χ3n) is 5.39. The summed E-state index contributed by atoms with van der Waals surface area (Å²) in [6.45, 7) is 7.97. The lowest BCUT2D eigenvalue weighted by molar-refractivity contribution is 0.414. The summed E-state index contributed by atoms with van der Waals surface area (Å²) in [7, 11) is -2.68. The number of hydrogen-bond acceptors (Lipinski definition) is 4. The predicted molar refractivity (Wildman–Crippen MR) is 134 cm³/mol. The number of aryl methyl sites for hydroxylation is 4. The van der Waals surface area contributed by atoms with Gasteiger partial charge in [-0.25, -0.2) is 0 Å². The first-order valence-electron chi connectivity index (χ1n) is 10.8. The highest BCUT2D eigenvalue weighted by Crippen LogP contribution is 2.42. The standard InChI is InChI=1S/C28H27O4P/c1-19-11-8-12-20(2)26(19)30-24-17-10-18-25(33(29)32-23-15-6-5-7-16-23)28(24)31-27-21(3)13-9-14-22(27)4/h5-18,33H,1-4H3. The molecule has 0 fully saturated rings. The first kappa shape index (κ1) is 22.7. The second-order valence-electron chi connectivity index (χ2n) is 7.98. The zero-order valence-corrected chi connectivity index (χ0v) is 20.2. The summed E-state index contributed by atoms with van der Waals surface area (Å²) < 4.78 is 32.0. The van der Waals surface area contributed by atoms with Crippen molar-refractivity contribution in [1.29, 1.82) is 0 Å². The first-order valence-corrected chi connectivity index (χ1v) is 12.1. The third kappa shape index (κ3) is 5.13. The number of ether oxygens (including phenoxy) is 2. The van der Waals surface area contributed by atoms with Crippen molar-refractivity contribution < 1.29 is 18.6 Å². The molecule has 1 unspecified atom stereocenters. The van der Waals surface area contributed by atoms with E-state index in [0.29, 0.717) is 28.3 Å². The van der Waals surface area contributed by atoms with E-state index in [1.165, 1.54) is 0 Å². The van der Waals surface area contributed by atoms with Crippen LogP contribution in [0.2, 0.25) is 0 Å². The van der Waals surface area contributed by atoms with Gasteiger partial charge in [-0.1, -0.05) is 60.7 Å². The molecule has 0 aromatic heterocycles. The lowest BCUT2D eigenvalue weighted by atomic mass is 10.1. The summed E-state index contributed by atoms with van der Waals surface area (Å²) >= 11 is 0. The SMILES string of the molecule is Cc1cccc(C)c1Oc1cccc([PH](=O)Oc2ccccc2)c1Oc1c(C)cccc1C. The molecule has 0 spiro atoms. The molecule has 0 heterocycles. The molecule has 33 heavy (non-hydrogen) atoms. The van der Waals surface area contributed by atoms with Crippen LogP contribution in [0.15, 0.2) is 84.9 Å². The Kier molecular flexibility index (Phi) is 6.86. The zero-order valence-electron chi connectivity index (χ0n) is 19.2. The van der Waals surface area contributed by atoms with Crippen LogP contribution in [-0.2, 0) is 4.57 Å². The molecule has 0 aliphatic rings. The maximum atomic E-state index is 13.4. The Labute approximate surface area is 195 Å². The van der Waals surface area contributed by atoms with Gasteiger partial charge in [0.15, 0.2) is 11.5 Å². The van der Waals surface area contributed by atoms with Gasteiger partial charge in [-0.3, -0.25) is 4.57 Å². The second-order valence-corrected chi connectivity index (χ2v) is 9.30. The highest BCUT2D eigenvalue weighted by molar-refractivity contribution is 7.49. The summed E-state index contributed by atoms with van der Waals surface area (Å²) in [6, 6.07) is 26.5. The van der Waals surface area contributed by atoms with Gasteiger partial charge in [-0.05, 0) is 74.2 Å². The summed E-state index contributed by atoms with van der Waals surface area (Å²) in [5.41, 5.74) is 3.97. The Hall–Kier alpha value is -3.49. The minimum Gasteiger partial charge on any atom is -0.453 e. The van der Waals surface area contributed by atoms with Crippen LogP contribution in [0.4, 0.5) is 0 Å². The van der Waals surface area contributed by atoms with Crippen LogP contribution in [0.1, 0.15) is 22.3 Å². The van der Waals surface area contributed by atoms with Gasteiger partial charge in [-0.2, -0.15) is 0 Å². The number of hydrogen-bond donors (Lipinski definition) is 0. The second kappa shape index (κ2) is 9.97. The van der Waals surface area contributed by atoms with Crippen molar-refractivity contribution in [2.75, 3.05) is 0 Å². The van der Waals surface area contributed by atoms with Gasteiger partial charge in [0, 0.05) is 0 Å². The van der Waals surface area contributed by atoms with Crippen molar-refractivity contribution in [3.05, 3.63) is 107 Å². The van der Waals surface area contributed by atoms with Crippen LogP contribution >= 0.6 is 8.03 Å². The van der Waals surface area contributed by atoms with Crippen molar-refractivity contribution in [2.24, 2.45) is 0 Å². The van der Waals surface area contributed by atoms with E-state index in [2.05, 4.69) is 0 Å². The molecular weight excluding hydrogens is 431 g/mol. The monoisotopic (exact) mass is 458 g/mol. The van der Waals surface area contributed by atoms with Crippen molar-refractivity contribution in [3.63, 3.8) is 0 Å². The fourth-order valence-electron chi connectivity index (χ4n) is 3.65. The van der Waals surface area contributed by atoms with E-state index in [1.54, 1.807) is 18.2 Å². The smallest absolute Gasteiger partial charge is 0.269 e. The summed E-state index contributed by atoms with van der Waals surface area (Å²) in [5, 5.41) is 0.468. The molecule has 1 atom stereocenters. The fourth-order valence-corrected chi connectivity index (χ4v) is 4.70. The Morgan fingerprint density at radius 3 is 1.64 bits per heavy atom. The Morgan fingerprint density at radius 2 is 1.06 bits per heavy atom. The molecule has 168 valence electrons. The molecule has 0 amide bonds. The summed E-state index contributed by atoms with van der Waals surface area (Å²) in [6.07, 6.45) is 0. The molecule has 0 bridgehead atoms. The van der Waals surface area contributed by atoms with Gasteiger partial charge in [0.2, 0.25) is 0 Å². The Balaban J connectivity index is 1.81. The summed E-state index contributed by atoms with van der Waals surface area (Å²) in [4.78, 5) is 0. The van der Waals surface area contributed by atoms with E-state index in [1.807, 2.05) is 94.4 Å². The molecule has 0 radical (unpaired) electrons. The molecular formula is C28H27O4P. The van der Waals surface area contributed by atoms with Crippen LogP contribution in [0.3, 0.4) is 0 Å². The maximum absolute atomic E-state index is 13.4. The van der Waals surface area contributed by atoms with Crippen LogP contribution in [0, 0.1) is 27.7 Å². The number of benzene rings is 4. The van der Waals surface area contributed by atoms with Gasteiger partial charge in [0.1, 0.15) is 17.2 Å². The van der Waals surface area contributed by atoms with Crippen LogP contribution in [-0.4, -0.2) is 0 Å². The quantitative estimate of drug-likeness (QED) is 0.266. The fraction of sp³-hybridized carbons (Fsp3) is 0.143. The molecule has 0 N–H and O–H groups in total. The molecule has 4 rings (SSSR count). The van der Waals surface area contributed by atoms with Crippen LogP contribution in [0.5, 0.6) is 28.7 Å². The van der Waals surface area contributed by atoms with Crippen molar-refractivity contribution >= 4 is 13.3 Å². The molecule has 0 aliphatic carbocycles. The topological polar surface area (TPSA) is 44.8 Å². The van der Waals surface area contributed by atoms with Crippen molar-refractivity contribution in [3.8, 4) is 28.7 Å². The van der Waals surface area contributed by atoms with Crippen LogP contribution < -0.4 is 19.3 Å². The average molecular weight is 458 g/mol.